The van der Waals surface area contributed by atoms with Crippen LogP contribution in [0.15, 0.2) is 18.2 Å². The van der Waals surface area contributed by atoms with Crippen molar-refractivity contribution < 1.29 is 0 Å². The first-order valence-corrected chi connectivity index (χ1v) is 10.3. The second kappa shape index (κ2) is 8.80. The molecule has 0 amide bonds. The summed E-state index contributed by atoms with van der Waals surface area (Å²) in [6.45, 7) is 8.05. The molecule has 5 nitrogen and oxygen atoms in total. The highest BCUT2D eigenvalue weighted by atomic mass is 35.5. The van der Waals surface area contributed by atoms with Gasteiger partial charge in [0.25, 0.3) is 0 Å². The standard InChI is InChI=1S/C19H22Cl3N5.ClH/c1-10(15-4-3-14(20)5-16(15)21)24-18-17(22)11(2)25-19(26-18)27-8-12-6-23-7-13(12)9-27;/h3-5,10,12-13,23H,6-9H2,1-2H3,(H,24,25,26);1H/t10-,12-,13+;/m1./s1. The summed E-state index contributed by atoms with van der Waals surface area (Å²) in [6.07, 6.45) is 0. The van der Waals surface area contributed by atoms with Gasteiger partial charge in [0.05, 0.1) is 11.7 Å². The number of benzene rings is 1. The molecule has 2 saturated heterocycles. The minimum Gasteiger partial charge on any atom is -0.362 e. The van der Waals surface area contributed by atoms with Crippen LogP contribution in [-0.4, -0.2) is 36.1 Å². The molecule has 9 heteroatoms. The number of rotatable bonds is 4. The lowest BCUT2D eigenvalue weighted by Crippen LogP contribution is -2.27. The van der Waals surface area contributed by atoms with Crippen molar-refractivity contribution in [2.24, 2.45) is 11.8 Å². The fraction of sp³-hybridized carbons (Fsp3) is 0.474. The number of aryl methyl sites for hydroxylation is 1. The van der Waals surface area contributed by atoms with Crippen LogP contribution in [-0.2, 0) is 0 Å². The van der Waals surface area contributed by atoms with E-state index in [1.807, 2.05) is 26.0 Å². The molecule has 2 N–H and O–H groups in total. The first kappa shape index (κ1) is 21.7. The van der Waals surface area contributed by atoms with Crippen LogP contribution in [0.4, 0.5) is 11.8 Å². The molecular formula is C19H23Cl4N5. The SMILES string of the molecule is Cc1nc(N2C[C@H]3CNC[C@H]3C2)nc(N[C@H](C)c2ccc(Cl)cc2Cl)c1Cl.Cl. The predicted molar refractivity (Wildman–Crippen MR) is 120 cm³/mol. The van der Waals surface area contributed by atoms with Crippen LogP contribution in [0, 0.1) is 18.8 Å². The lowest BCUT2D eigenvalue weighted by atomic mass is 10.0. The maximum absolute atomic E-state index is 6.49. The zero-order valence-electron chi connectivity index (χ0n) is 15.7. The summed E-state index contributed by atoms with van der Waals surface area (Å²) < 4.78 is 0. The van der Waals surface area contributed by atoms with Gasteiger partial charge in [-0.3, -0.25) is 0 Å². The normalized spacial score (nSPS) is 22.0. The lowest BCUT2D eigenvalue weighted by molar-refractivity contribution is 0.533. The van der Waals surface area contributed by atoms with Gasteiger partial charge in [-0.25, -0.2) is 4.98 Å². The van der Waals surface area contributed by atoms with Crippen molar-refractivity contribution in [1.82, 2.24) is 15.3 Å². The molecule has 3 heterocycles. The molecular weight excluding hydrogens is 440 g/mol. The lowest BCUT2D eigenvalue weighted by Gasteiger charge is -2.22. The molecule has 0 aliphatic carbocycles. The molecule has 28 heavy (non-hydrogen) atoms. The molecule has 1 aromatic carbocycles. The Hall–Kier alpha value is -0.980. The van der Waals surface area contributed by atoms with Gasteiger partial charge in [0.15, 0.2) is 5.82 Å². The minimum atomic E-state index is -0.0726. The van der Waals surface area contributed by atoms with E-state index in [9.17, 15) is 0 Å². The molecule has 3 atom stereocenters. The number of anilines is 2. The Kier molecular flexibility index (Phi) is 6.83. The summed E-state index contributed by atoms with van der Waals surface area (Å²) in [4.78, 5) is 11.6. The van der Waals surface area contributed by atoms with Crippen molar-refractivity contribution >= 4 is 59.0 Å². The number of hydrogen-bond donors (Lipinski definition) is 2. The monoisotopic (exact) mass is 461 g/mol. The molecule has 2 aliphatic rings. The van der Waals surface area contributed by atoms with Crippen LogP contribution < -0.4 is 15.5 Å². The fourth-order valence-corrected chi connectivity index (χ4v) is 4.65. The Labute approximate surface area is 186 Å². The maximum Gasteiger partial charge on any atom is 0.227 e. The Balaban J connectivity index is 0.00000225. The van der Waals surface area contributed by atoms with Crippen LogP contribution in [0.2, 0.25) is 15.1 Å². The maximum atomic E-state index is 6.49. The smallest absolute Gasteiger partial charge is 0.227 e. The summed E-state index contributed by atoms with van der Waals surface area (Å²) in [5.41, 5.74) is 1.71. The van der Waals surface area contributed by atoms with E-state index >= 15 is 0 Å². The summed E-state index contributed by atoms with van der Waals surface area (Å²) in [5, 5.41) is 8.62. The quantitative estimate of drug-likeness (QED) is 0.669. The Morgan fingerprint density at radius 2 is 1.82 bits per heavy atom. The number of nitrogens with zero attached hydrogens (tertiary/aromatic N) is 3. The molecule has 2 fully saturated rings. The van der Waals surface area contributed by atoms with E-state index in [-0.39, 0.29) is 18.4 Å². The van der Waals surface area contributed by atoms with Gasteiger partial charge < -0.3 is 15.5 Å². The predicted octanol–water partition coefficient (Wildman–Crippen LogP) is 5.00. The number of fused-ring (bicyclic) bond motifs is 1. The molecule has 0 saturated carbocycles. The third-order valence-corrected chi connectivity index (χ3v) is 6.47. The van der Waals surface area contributed by atoms with Gasteiger partial charge in [0.2, 0.25) is 5.95 Å². The fourth-order valence-electron chi connectivity index (χ4n) is 3.94. The Morgan fingerprint density at radius 1 is 1.14 bits per heavy atom. The minimum absolute atomic E-state index is 0. The largest absolute Gasteiger partial charge is 0.362 e. The highest BCUT2D eigenvalue weighted by Gasteiger charge is 2.37. The number of hydrogen-bond acceptors (Lipinski definition) is 5. The first-order valence-electron chi connectivity index (χ1n) is 9.13. The molecule has 0 unspecified atom stereocenters. The van der Waals surface area contributed by atoms with Gasteiger partial charge in [0.1, 0.15) is 5.02 Å². The van der Waals surface area contributed by atoms with Gasteiger partial charge in [-0.2, -0.15) is 4.98 Å². The average molecular weight is 463 g/mol. The summed E-state index contributed by atoms with van der Waals surface area (Å²) in [7, 11) is 0. The zero-order valence-corrected chi connectivity index (χ0v) is 18.8. The second-order valence-electron chi connectivity index (χ2n) is 7.39. The van der Waals surface area contributed by atoms with Crippen LogP contribution in [0.3, 0.4) is 0 Å². The van der Waals surface area contributed by atoms with E-state index in [1.54, 1.807) is 6.07 Å². The van der Waals surface area contributed by atoms with Crippen LogP contribution >= 0.6 is 47.2 Å². The first-order chi connectivity index (χ1) is 12.9. The summed E-state index contributed by atoms with van der Waals surface area (Å²) >= 11 is 18.8. The van der Waals surface area contributed by atoms with Gasteiger partial charge in [0, 0.05) is 36.2 Å². The van der Waals surface area contributed by atoms with Crippen LogP contribution in [0.1, 0.15) is 24.2 Å². The highest BCUT2D eigenvalue weighted by Crippen LogP contribution is 2.34. The third kappa shape index (κ3) is 4.29. The van der Waals surface area contributed by atoms with Gasteiger partial charge in [-0.1, -0.05) is 40.9 Å². The van der Waals surface area contributed by atoms with Gasteiger partial charge in [-0.15, -0.1) is 12.4 Å². The van der Waals surface area contributed by atoms with Gasteiger partial charge in [-0.05, 0) is 43.4 Å². The van der Waals surface area contributed by atoms with Gasteiger partial charge >= 0.3 is 0 Å². The van der Waals surface area contributed by atoms with Crippen molar-refractivity contribution in [2.45, 2.75) is 19.9 Å². The van der Waals surface area contributed by atoms with E-state index < -0.39 is 0 Å². The van der Waals surface area contributed by atoms with Crippen molar-refractivity contribution in [3.63, 3.8) is 0 Å². The number of aromatic nitrogens is 2. The second-order valence-corrected chi connectivity index (χ2v) is 8.61. The van der Waals surface area contributed by atoms with E-state index in [1.165, 1.54) is 0 Å². The average Bonchev–Trinajstić information content (AvgIpc) is 3.20. The molecule has 4 rings (SSSR count). The summed E-state index contributed by atoms with van der Waals surface area (Å²) in [6, 6.07) is 5.42. The zero-order chi connectivity index (χ0) is 19.1. The van der Waals surface area contributed by atoms with Crippen molar-refractivity contribution in [1.29, 1.82) is 0 Å². The van der Waals surface area contributed by atoms with Crippen molar-refractivity contribution in [2.75, 3.05) is 36.4 Å². The molecule has 0 spiro atoms. The Bertz CT molecular complexity index is 850. The van der Waals surface area contributed by atoms with E-state index in [0.717, 1.165) is 43.4 Å². The molecule has 2 aromatic rings. The molecule has 1 aromatic heterocycles. The van der Waals surface area contributed by atoms with Crippen LogP contribution in [0.25, 0.3) is 0 Å². The number of nitrogens with one attached hydrogen (secondary N) is 2. The summed E-state index contributed by atoms with van der Waals surface area (Å²) in [5.74, 6) is 2.72. The topological polar surface area (TPSA) is 53.1 Å². The Morgan fingerprint density at radius 3 is 2.46 bits per heavy atom. The third-order valence-electron chi connectivity index (χ3n) is 5.46. The molecule has 152 valence electrons. The molecule has 0 bridgehead atoms. The van der Waals surface area contributed by atoms with Crippen molar-refractivity contribution in [3.05, 3.63) is 44.5 Å². The number of halogens is 4. The molecule has 0 radical (unpaired) electrons. The van der Waals surface area contributed by atoms with E-state index in [0.29, 0.717) is 32.7 Å². The van der Waals surface area contributed by atoms with Crippen LogP contribution in [0.5, 0.6) is 0 Å². The van der Waals surface area contributed by atoms with Crippen molar-refractivity contribution in [3.8, 4) is 0 Å². The van der Waals surface area contributed by atoms with E-state index in [4.69, 9.17) is 39.8 Å². The molecule has 2 aliphatic heterocycles. The highest BCUT2D eigenvalue weighted by molar-refractivity contribution is 6.35. The van der Waals surface area contributed by atoms with E-state index in [2.05, 4.69) is 20.5 Å².